The van der Waals surface area contributed by atoms with Crippen molar-refractivity contribution in [3.63, 3.8) is 0 Å². The van der Waals surface area contributed by atoms with Crippen molar-refractivity contribution in [2.24, 2.45) is 0 Å². The Hall–Kier alpha value is -0.450. The third kappa shape index (κ3) is 4.54. The lowest BCUT2D eigenvalue weighted by atomic mass is 10.0. The standard InChI is InChI=1S/C14H19ClN2O.2ClH/c1-3-13(17-8-6-16-7-9-17)11-4-5-12(15)14(10-11)18-2;;/h3-5,10,13,16H,1,6-9H2,2H3;2*1H/t13-;;/m1../s1. The molecule has 1 saturated heterocycles. The van der Waals surface area contributed by atoms with E-state index in [4.69, 9.17) is 16.3 Å². The molecule has 1 atom stereocenters. The number of benzene rings is 1. The maximum absolute atomic E-state index is 6.06. The van der Waals surface area contributed by atoms with Gasteiger partial charge in [-0.1, -0.05) is 23.7 Å². The first-order chi connectivity index (χ1) is 8.76. The molecule has 0 saturated carbocycles. The molecule has 2 rings (SSSR count). The van der Waals surface area contributed by atoms with E-state index in [1.54, 1.807) is 7.11 Å². The fourth-order valence-corrected chi connectivity index (χ4v) is 2.51. The van der Waals surface area contributed by atoms with Crippen LogP contribution in [0.4, 0.5) is 0 Å². The smallest absolute Gasteiger partial charge is 0.137 e. The molecule has 0 unspecified atom stereocenters. The lowest BCUT2D eigenvalue weighted by Gasteiger charge is -2.33. The van der Waals surface area contributed by atoms with E-state index >= 15 is 0 Å². The van der Waals surface area contributed by atoms with Crippen molar-refractivity contribution in [1.82, 2.24) is 10.2 Å². The van der Waals surface area contributed by atoms with Crippen molar-refractivity contribution < 1.29 is 4.74 Å². The molecule has 1 aliphatic rings. The topological polar surface area (TPSA) is 24.5 Å². The minimum atomic E-state index is 0. The van der Waals surface area contributed by atoms with Crippen molar-refractivity contribution in [2.45, 2.75) is 6.04 Å². The Balaban J connectivity index is 0.00000180. The zero-order valence-electron chi connectivity index (χ0n) is 11.5. The molecule has 0 aliphatic carbocycles. The Bertz CT molecular complexity index is 423. The maximum Gasteiger partial charge on any atom is 0.137 e. The quantitative estimate of drug-likeness (QED) is 0.852. The molecule has 20 heavy (non-hydrogen) atoms. The molecular formula is C14H21Cl3N2O. The predicted octanol–water partition coefficient (Wildman–Crippen LogP) is 3.32. The van der Waals surface area contributed by atoms with Gasteiger partial charge in [0.1, 0.15) is 5.75 Å². The molecular weight excluding hydrogens is 319 g/mol. The zero-order valence-corrected chi connectivity index (χ0v) is 13.9. The molecule has 0 spiro atoms. The van der Waals surface area contributed by atoms with Crippen LogP contribution in [0.15, 0.2) is 30.9 Å². The van der Waals surface area contributed by atoms with Crippen LogP contribution in [-0.2, 0) is 0 Å². The molecule has 6 heteroatoms. The number of nitrogens with zero attached hydrogens (tertiary/aromatic N) is 1. The third-order valence-corrected chi connectivity index (χ3v) is 3.60. The van der Waals surface area contributed by atoms with Gasteiger partial charge in [0.15, 0.2) is 0 Å². The van der Waals surface area contributed by atoms with Crippen LogP contribution in [0.25, 0.3) is 0 Å². The molecule has 1 aromatic carbocycles. The van der Waals surface area contributed by atoms with Crippen molar-refractivity contribution in [3.05, 3.63) is 41.4 Å². The van der Waals surface area contributed by atoms with Crippen LogP contribution < -0.4 is 10.1 Å². The number of nitrogens with one attached hydrogen (secondary N) is 1. The van der Waals surface area contributed by atoms with Crippen LogP contribution in [0.2, 0.25) is 5.02 Å². The van der Waals surface area contributed by atoms with Gasteiger partial charge in [0.2, 0.25) is 0 Å². The lowest BCUT2D eigenvalue weighted by Crippen LogP contribution is -2.44. The van der Waals surface area contributed by atoms with Crippen molar-refractivity contribution in [2.75, 3.05) is 33.3 Å². The minimum absolute atomic E-state index is 0. The summed E-state index contributed by atoms with van der Waals surface area (Å²) in [7, 11) is 1.64. The Morgan fingerprint density at radius 1 is 1.35 bits per heavy atom. The van der Waals surface area contributed by atoms with Gasteiger partial charge in [-0.2, -0.15) is 0 Å². The Morgan fingerprint density at radius 3 is 2.55 bits per heavy atom. The van der Waals surface area contributed by atoms with E-state index in [0.29, 0.717) is 5.02 Å². The summed E-state index contributed by atoms with van der Waals surface area (Å²) in [6.07, 6.45) is 1.98. The average Bonchev–Trinajstić information content (AvgIpc) is 2.42. The van der Waals surface area contributed by atoms with Gasteiger partial charge in [0, 0.05) is 26.2 Å². The summed E-state index contributed by atoms with van der Waals surface area (Å²) in [5, 5.41) is 4.00. The van der Waals surface area contributed by atoms with Gasteiger partial charge in [0.25, 0.3) is 0 Å². The summed E-state index contributed by atoms with van der Waals surface area (Å²) < 4.78 is 5.27. The molecule has 1 heterocycles. The van der Waals surface area contributed by atoms with Crippen LogP contribution in [0.1, 0.15) is 11.6 Å². The Morgan fingerprint density at radius 2 is 2.00 bits per heavy atom. The Labute approximate surface area is 138 Å². The van der Waals surface area contributed by atoms with Gasteiger partial charge in [0.05, 0.1) is 18.2 Å². The summed E-state index contributed by atoms with van der Waals surface area (Å²) in [5.74, 6) is 0.719. The largest absolute Gasteiger partial charge is 0.495 e. The second-order valence-electron chi connectivity index (χ2n) is 4.36. The van der Waals surface area contributed by atoms with Gasteiger partial charge in [-0.25, -0.2) is 0 Å². The molecule has 0 bridgehead atoms. The van der Waals surface area contributed by atoms with E-state index in [9.17, 15) is 0 Å². The van der Waals surface area contributed by atoms with E-state index in [1.807, 2.05) is 24.3 Å². The zero-order chi connectivity index (χ0) is 13.0. The highest BCUT2D eigenvalue weighted by molar-refractivity contribution is 6.32. The monoisotopic (exact) mass is 338 g/mol. The van der Waals surface area contributed by atoms with Crippen molar-refractivity contribution in [1.29, 1.82) is 0 Å². The fourth-order valence-electron chi connectivity index (χ4n) is 2.32. The van der Waals surface area contributed by atoms with Crippen LogP contribution in [0, 0.1) is 0 Å². The lowest BCUT2D eigenvalue weighted by molar-refractivity contribution is 0.203. The van der Waals surface area contributed by atoms with Gasteiger partial charge in [-0.15, -0.1) is 31.4 Å². The Kier molecular flexibility index (Phi) is 9.27. The van der Waals surface area contributed by atoms with Gasteiger partial charge in [-0.05, 0) is 17.7 Å². The molecule has 114 valence electrons. The molecule has 1 fully saturated rings. The highest BCUT2D eigenvalue weighted by Crippen LogP contribution is 2.30. The fraction of sp³-hybridized carbons (Fsp3) is 0.429. The first-order valence-electron chi connectivity index (χ1n) is 6.17. The van der Waals surface area contributed by atoms with E-state index in [1.165, 1.54) is 5.56 Å². The van der Waals surface area contributed by atoms with E-state index < -0.39 is 0 Å². The minimum Gasteiger partial charge on any atom is -0.495 e. The summed E-state index contributed by atoms with van der Waals surface area (Å²) in [4.78, 5) is 2.41. The average molecular weight is 340 g/mol. The van der Waals surface area contributed by atoms with Gasteiger partial charge < -0.3 is 10.1 Å². The summed E-state index contributed by atoms with van der Waals surface area (Å²) >= 11 is 6.06. The third-order valence-electron chi connectivity index (χ3n) is 3.28. The highest BCUT2D eigenvalue weighted by atomic mass is 35.5. The van der Waals surface area contributed by atoms with E-state index in [2.05, 4.69) is 16.8 Å². The highest BCUT2D eigenvalue weighted by Gasteiger charge is 2.20. The van der Waals surface area contributed by atoms with Crippen LogP contribution in [0.5, 0.6) is 5.75 Å². The number of methoxy groups -OCH3 is 1. The summed E-state index contributed by atoms with van der Waals surface area (Å²) in [6, 6.07) is 6.14. The first kappa shape index (κ1) is 19.6. The van der Waals surface area contributed by atoms with E-state index in [0.717, 1.165) is 31.9 Å². The second-order valence-corrected chi connectivity index (χ2v) is 4.77. The molecule has 0 aromatic heterocycles. The SMILES string of the molecule is C=C[C@H](c1ccc(Cl)c(OC)c1)N1CCNCC1.Cl.Cl. The normalized spacial score (nSPS) is 16.5. The first-order valence-corrected chi connectivity index (χ1v) is 6.55. The van der Waals surface area contributed by atoms with Crippen LogP contribution in [-0.4, -0.2) is 38.2 Å². The van der Waals surface area contributed by atoms with E-state index in [-0.39, 0.29) is 30.9 Å². The van der Waals surface area contributed by atoms with Crippen LogP contribution >= 0.6 is 36.4 Å². The van der Waals surface area contributed by atoms with Crippen LogP contribution in [0.3, 0.4) is 0 Å². The number of ether oxygens (including phenoxy) is 1. The molecule has 1 aromatic rings. The van der Waals surface area contributed by atoms with Gasteiger partial charge >= 0.3 is 0 Å². The predicted molar refractivity (Wildman–Crippen MR) is 89.9 cm³/mol. The maximum atomic E-state index is 6.06. The second kappa shape index (κ2) is 9.48. The summed E-state index contributed by atoms with van der Waals surface area (Å²) in [6.45, 7) is 8.06. The molecule has 0 radical (unpaired) electrons. The number of piperazine rings is 1. The summed E-state index contributed by atoms with van der Waals surface area (Å²) in [5.41, 5.74) is 1.17. The number of rotatable bonds is 4. The number of hydrogen-bond acceptors (Lipinski definition) is 3. The van der Waals surface area contributed by atoms with Gasteiger partial charge in [-0.3, -0.25) is 4.90 Å². The number of halogens is 3. The number of hydrogen-bond donors (Lipinski definition) is 1. The van der Waals surface area contributed by atoms with Crippen molar-refractivity contribution >= 4 is 36.4 Å². The molecule has 3 nitrogen and oxygen atoms in total. The molecule has 1 aliphatic heterocycles. The molecule has 0 amide bonds. The molecule has 1 N–H and O–H groups in total. The van der Waals surface area contributed by atoms with Crippen molar-refractivity contribution in [3.8, 4) is 5.75 Å².